The third kappa shape index (κ3) is 4.16. The molecule has 0 spiro atoms. The summed E-state index contributed by atoms with van der Waals surface area (Å²) in [6.07, 6.45) is 8.78. The van der Waals surface area contributed by atoms with Gasteiger partial charge in [0.2, 0.25) is 0 Å². The van der Waals surface area contributed by atoms with Crippen LogP contribution in [0.15, 0.2) is 23.1 Å². The zero-order valence-corrected chi connectivity index (χ0v) is 12.8. The van der Waals surface area contributed by atoms with E-state index in [-0.39, 0.29) is 0 Å². The first-order chi connectivity index (χ1) is 9.85. The Bertz CT molecular complexity index is 464. The van der Waals surface area contributed by atoms with Crippen LogP contribution >= 0.6 is 11.8 Å². The predicted octanol–water partition coefficient (Wildman–Crippen LogP) is 4.04. The molecule has 1 saturated carbocycles. The molecule has 0 amide bonds. The lowest BCUT2D eigenvalue weighted by Crippen LogP contribution is -2.20. The van der Waals surface area contributed by atoms with Crippen LogP contribution in [0.1, 0.15) is 37.7 Å². The molecule has 1 aromatic rings. The smallest absolute Gasteiger partial charge is 0.102 e. The predicted molar refractivity (Wildman–Crippen MR) is 84.3 cm³/mol. The van der Waals surface area contributed by atoms with E-state index in [0.29, 0.717) is 12.7 Å². The Balaban J connectivity index is 1.80. The molecule has 20 heavy (non-hydrogen) atoms. The van der Waals surface area contributed by atoms with Crippen molar-refractivity contribution in [3.8, 4) is 6.07 Å². The molecule has 0 radical (unpaired) electrons. The van der Waals surface area contributed by atoms with Crippen LogP contribution in [-0.2, 0) is 4.74 Å². The zero-order chi connectivity index (χ0) is 14.2. The zero-order valence-electron chi connectivity index (χ0n) is 12.0. The van der Waals surface area contributed by atoms with Gasteiger partial charge in [-0.3, -0.25) is 0 Å². The highest BCUT2D eigenvalue weighted by molar-refractivity contribution is 7.98. The van der Waals surface area contributed by atoms with Gasteiger partial charge in [-0.05, 0) is 31.2 Å². The SMILES string of the molecule is CSc1cccc(NCCOC2CCCCC2)c1C#N. The summed E-state index contributed by atoms with van der Waals surface area (Å²) in [5.41, 5.74) is 1.64. The third-order valence-electron chi connectivity index (χ3n) is 3.68. The standard InChI is InChI=1S/C16H22N2OS/c1-20-16-9-5-8-15(14(16)12-17)18-10-11-19-13-6-3-2-4-7-13/h5,8-9,13,18H,2-4,6-7,10-11H2,1H3. The number of nitrogens with zero attached hydrogens (tertiary/aromatic N) is 1. The summed E-state index contributed by atoms with van der Waals surface area (Å²) in [5.74, 6) is 0. The van der Waals surface area contributed by atoms with Crippen LogP contribution in [0.2, 0.25) is 0 Å². The first-order valence-corrected chi connectivity index (χ1v) is 8.50. The Morgan fingerprint density at radius 2 is 2.15 bits per heavy atom. The number of ether oxygens (including phenoxy) is 1. The quantitative estimate of drug-likeness (QED) is 0.634. The first kappa shape index (κ1) is 15.2. The fourth-order valence-corrected chi connectivity index (χ4v) is 3.18. The van der Waals surface area contributed by atoms with Gasteiger partial charge in [-0.2, -0.15) is 5.26 Å². The highest BCUT2D eigenvalue weighted by atomic mass is 32.2. The van der Waals surface area contributed by atoms with Crippen LogP contribution in [0, 0.1) is 11.3 Å². The second-order valence-corrected chi connectivity index (χ2v) is 5.90. The van der Waals surface area contributed by atoms with E-state index in [0.717, 1.165) is 22.7 Å². The number of nitrogens with one attached hydrogen (secondary N) is 1. The number of hydrogen-bond donors (Lipinski definition) is 1. The molecule has 0 aromatic heterocycles. The Morgan fingerprint density at radius 3 is 2.85 bits per heavy atom. The van der Waals surface area contributed by atoms with Crippen LogP contribution in [0.25, 0.3) is 0 Å². The molecule has 1 fully saturated rings. The van der Waals surface area contributed by atoms with Gasteiger partial charge >= 0.3 is 0 Å². The Hall–Kier alpha value is -1.18. The molecule has 1 aliphatic rings. The summed E-state index contributed by atoms with van der Waals surface area (Å²) in [6.45, 7) is 1.46. The molecule has 0 saturated heterocycles. The Morgan fingerprint density at radius 1 is 1.35 bits per heavy atom. The molecule has 3 nitrogen and oxygen atoms in total. The van der Waals surface area contributed by atoms with Gasteiger partial charge in [-0.1, -0.05) is 25.3 Å². The minimum Gasteiger partial charge on any atom is -0.382 e. The lowest BCUT2D eigenvalue weighted by molar-refractivity contribution is 0.0347. The number of thioether (sulfide) groups is 1. The lowest BCUT2D eigenvalue weighted by atomic mass is 9.98. The Labute approximate surface area is 125 Å². The number of anilines is 1. The van der Waals surface area contributed by atoms with Gasteiger partial charge in [-0.25, -0.2) is 0 Å². The maximum atomic E-state index is 9.26. The molecular weight excluding hydrogens is 268 g/mol. The maximum Gasteiger partial charge on any atom is 0.102 e. The third-order valence-corrected chi connectivity index (χ3v) is 4.46. The van der Waals surface area contributed by atoms with E-state index in [9.17, 15) is 5.26 Å². The largest absolute Gasteiger partial charge is 0.382 e. The van der Waals surface area contributed by atoms with E-state index >= 15 is 0 Å². The van der Waals surface area contributed by atoms with Gasteiger partial charge < -0.3 is 10.1 Å². The molecule has 108 valence electrons. The molecule has 0 unspecified atom stereocenters. The van der Waals surface area contributed by atoms with Crippen molar-refractivity contribution in [1.82, 2.24) is 0 Å². The Kier molecular flexibility index (Phi) is 6.23. The molecule has 1 aliphatic carbocycles. The molecule has 2 rings (SSSR count). The summed E-state index contributed by atoms with van der Waals surface area (Å²) in [6, 6.07) is 8.20. The molecule has 1 N–H and O–H groups in total. The van der Waals surface area contributed by atoms with E-state index in [1.807, 2.05) is 24.5 Å². The van der Waals surface area contributed by atoms with Crippen LogP contribution in [0.3, 0.4) is 0 Å². The average Bonchev–Trinajstić information content (AvgIpc) is 2.52. The van der Waals surface area contributed by atoms with Crippen LogP contribution in [0.4, 0.5) is 5.69 Å². The van der Waals surface area contributed by atoms with Gasteiger partial charge in [0, 0.05) is 11.4 Å². The highest BCUT2D eigenvalue weighted by Gasteiger charge is 2.13. The molecule has 0 aliphatic heterocycles. The highest BCUT2D eigenvalue weighted by Crippen LogP contribution is 2.26. The molecule has 1 aromatic carbocycles. The second kappa shape index (κ2) is 8.18. The normalized spacial score (nSPS) is 15.8. The summed E-state index contributed by atoms with van der Waals surface area (Å²) in [5, 5.41) is 12.6. The van der Waals surface area contributed by atoms with E-state index in [2.05, 4.69) is 11.4 Å². The molecular formula is C16H22N2OS. The van der Waals surface area contributed by atoms with Crippen molar-refractivity contribution in [2.24, 2.45) is 0 Å². The van der Waals surface area contributed by atoms with E-state index < -0.39 is 0 Å². The van der Waals surface area contributed by atoms with Crippen molar-refractivity contribution in [3.05, 3.63) is 23.8 Å². The van der Waals surface area contributed by atoms with Crippen LogP contribution < -0.4 is 5.32 Å². The van der Waals surface area contributed by atoms with Gasteiger partial charge in [0.05, 0.1) is 24.0 Å². The number of nitriles is 1. The van der Waals surface area contributed by atoms with Crippen molar-refractivity contribution in [1.29, 1.82) is 5.26 Å². The van der Waals surface area contributed by atoms with Crippen molar-refractivity contribution in [3.63, 3.8) is 0 Å². The number of rotatable bonds is 6. The number of benzene rings is 1. The van der Waals surface area contributed by atoms with E-state index in [1.165, 1.54) is 32.1 Å². The van der Waals surface area contributed by atoms with Crippen molar-refractivity contribution in [2.75, 3.05) is 24.7 Å². The molecule has 0 heterocycles. The van der Waals surface area contributed by atoms with Crippen molar-refractivity contribution in [2.45, 2.75) is 43.1 Å². The lowest BCUT2D eigenvalue weighted by Gasteiger charge is -2.22. The monoisotopic (exact) mass is 290 g/mol. The summed E-state index contributed by atoms with van der Waals surface area (Å²) < 4.78 is 5.88. The van der Waals surface area contributed by atoms with Gasteiger partial charge in [0.25, 0.3) is 0 Å². The van der Waals surface area contributed by atoms with E-state index in [4.69, 9.17) is 4.74 Å². The minimum absolute atomic E-state index is 0.443. The fraction of sp³-hybridized carbons (Fsp3) is 0.562. The second-order valence-electron chi connectivity index (χ2n) is 5.05. The van der Waals surface area contributed by atoms with E-state index in [1.54, 1.807) is 11.8 Å². The number of hydrogen-bond acceptors (Lipinski definition) is 4. The average molecular weight is 290 g/mol. The summed E-state index contributed by atoms with van der Waals surface area (Å²) in [7, 11) is 0. The summed E-state index contributed by atoms with van der Waals surface area (Å²) >= 11 is 1.60. The van der Waals surface area contributed by atoms with Gasteiger partial charge in [0.15, 0.2) is 0 Å². The van der Waals surface area contributed by atoms with Crippen LogP contribution in [-0.4, -0.2) is 25.5 Å². The molecule has 0 atom stereocenters. The van der Waals surface area contributed by atoms with Crippen molar-refractivity contribution < 1.29 is 4.74 Å². The van der Waals surface area contributed by atoms with Crippen LogP contribution in [0.5, 0.6) is 0 Å². The minimum atomic E-state index is 0.443. The fourth-order valence-electron chi connectivity index (χ4n) is 2.61. The summed E-state index contributed by atoms with van der Waals surface area (Å²) in [4.78, 5) is 1.02. The first-order valence-electron chi connectivity index (χ1n) is 7.27. The molecule has 4 heteroatoms. The van der Waals surface area contributed by atoms with Gasteiger partial charge in [0.1, 0.15) is 6.07 Å². The van der Waals surface area contributed by atoms with Crippen molar-refractivity contribution >= 4 is 17.4 Å². The van der Waals surface area contributed by atoms with Gasteiger partial charge in [-0.15, -0.1) is 11.8 Å². The topological polar surface area (TPSA) is 45.0 Å². The maximum absolute atomic E-state index is 9.26. The molecule has 0 bridgehead atoms.